The van der Waals surface area contributed by atoms with Gasteiger partial charge in [-0.15, -0.1) is 0 Å². The number of carbonyl (C=O) groups is 2. The fourth-order valence-electron chi connectivity index (χ4n) is 3.17. The van der Waals surface area contributed by atoms with E-state index in [4.69, 9.17) is 0 Å². The van der Waals surface area contributed by atoms with Crippen LogP contribution in [-0.2, 0) is 16.1 Å². The Morgan fingerprint density at radius 3 is 2.80 bits per heavy atom. The summed E-state index contributed by atoms with van der Waals surface area (Å²) in [6.45, 7) is 5.00. The Morgan fingerprint density at radius 2 is 2.04 bits per heavy atom. The first-order valence-corrected chi connectivity index (χ1v) is 9.16. The topological polar surface area (TPSA) is 49.4 Å². The number of carbonyl (C=O) groups excluding carboxylic acids is 2. The van der Waals surface area contributed by atoms with E-state index in [1.807, 2.05) is 56.3 Å². The Labute approximate surface area is 156 Å². The van der Waals surface area contributed by atoms with E-state index in [1.54, 1.807) is 4.90 Å². The third kappa shape index (κ3) is 3.93. The molecule has 1 N–H and O–H groups in total. The molecule has 4 nitrogen and oxygen atoms in total. The number of amides is 2. The minimum atomic E-state index is -0.608. The fraction of sp³-hybridized carbons (Fsp3) is 0.300. The van der Waals surface area contributed by atoms with E-state index in [9.17, 15) is 9.59 Å². The number of hydrogen-bond acceptors (Lipinski definition) is 2. The molecule has 0 bridgehead atoms. The van der Waals surface area contributed by atoms with E-state index in [0.717, 1.165) is 26.9 Å². The SMILES string of the molecule is Cc1cccc(CNC(=O)C2CCN(c3cc(Br)ccc3C)C2=O)c1. The molecule has 0 spiro atoms. The molecular weight excluding hydrogens is 380 g/mol. The number of halogens is 1. The molecule has 1 heterocycles. The summed E-state index contributed by atoms with van der Waals surface area (Å²) in [5, 5.41) is 2.90. The van der Waals surface area contributed by atoms with Gasteiger partial charge in [0.1, 0.15) is 5.92 Å². The van der Waals surface area contributed by atoms with Crippen molar-refractivity contribution in [2.24, 2.45) is 5.92 Å². The van der Waals surface area contributed by atoms with Crippen molar-refractivity contribution in [3.05, 3.63) is 63.6 Å². The highest BCUT2D eigenvalue weighted by atomic mass is 79.9. The molecule has 2 aromatic rings. The van der Waals surface area contributed by atoms with Crippen LogP contribution in [-0.4, -0.2) is 18.4 Å². The van der Waals surface area contributed by atoms with Crippen LogP contribution in [0.2, 0.25) is 0 Å². The minimum Gasteiger partial charge on any atom is -0.351 e. The molecule has 130 valence electrons. The van der Waals surface area contributed by atoms with E-state index in [2.05, 4.69) is 21.2 Å². The van der Waals surface area contributed by atoms with Crippen molar-refractivity contribution in [2.75, 3.05) is 11.4 Å². The van der Waals surface area contributed by atoms with Crippen molar-refractivity contribution in [3.63, 3.8) is 0 Å². The van der Waals surface area contributed by atoms with Crippen molar-refractivity contribution in [3.8, 4) is 0 Å². The maximum Gasteiger partial charge on any atom is 0.239 e. The molecule has 1 fully saturated rings. The van der Waals surface area contributed by atoms with E-state index in [0.29, 0.717) is 19.5 Å². The Bertz CT molecular complexity index is 819. The van der Waals surface area contributed by atoms with Crippen molar-refractivity contribution in [1.29, 1.82) is 0 Å². The summed E-state index contributed by atoms with van der Waals surface area (Å²) in [5.41, 5.74) is 4.09. The van der Waals surface area contributed by atoms with Crippen molar-refractivity contribution in [1.82, 2.24) is 5.32 Å². The van der Waals surface area contributed by atoms with Crippen molar-refractivity contribution < 1.29 is 9.59 Å². The van der Waals surface area contributed by atoms with Gasteiger partial charge in [-0.2, -0.15) is 0 Å². The Kier molecular flexibility index (Phi) is 5.23. The van der Waals surface area contributed by atoms with Gasteiger partial charge in [0, 0.05) is 23.2 Å². The number of benzene rings is 2. The molecule has 1 aliphatic rings. The average molecular weight is 401 g/mol. The Morgan fingerprint density at radius 1 is 1.24 bits per heavy atom. The quantitative estimate of drug-likeness (QED) is 0.794. The summed E-state index contributed by atoms with van der Waals surface area (Å²) in [4.78, 5) is 26.9. The highest BCUT2D eigenvalue weighted by Crippen LogP contribution is 2.30. The molecule has 5 heteroatoms. The summed E-state index contributed by atoms with van der Waals surface area (Å²) in [6.07, 6.45) is 0.546. The van der Waals surface area contributed by atoms with Crippen LogP contribution in [0.3, 0.4) is 0 Å². The first kappa shape index (κ1) is 17.7. The molecule has 0 radical (unpaired) electrons. The van der Waals surface area contributed by atoms with Gasteiger partial charge in [-0.3, -0.25) is 9.59 Å². The zero-order chi connectivity index (χ0) is 18.0. The van der Waals surface area contributed by atoms with Crippen LogP contribution in [0.4, 0.5) is 5.69 Å². The molecule has 2 aromatic carbocycles. The van der Waals surface area contributed by atoms with Crippen LogP contribution in [0.1, 0.15) is 23.1 Å². The van der Waals surface area contributed by atoms with Crippen LogP contribution in [0.25, 0.3) is 0 Å². The van der Waals surface area contributed by atoms with Gasteiger partial charge in [-0.1, -0.05) is 51.8 Å². The van der Waals surface area contributed by atoms with Gasteiger partial charge in [0.25, 0.3) is 0 Å². The summed E-state index contributed by atoms with van der Waals surface area (Å²) in [7, 11) is 0. The third-order valence-corrected chi connectivity index (χ3v) is 5.03. The van der Waals surface area contributed by atoms with Gasteiger partial charge in [-0.05, 0) is 43.5 Å². The second-order valence-electron chi connectivity index (χ2n) is 6.47. The number of rotatable bonds is 4. The predicted molar refractivity (Wildman–Crippen MR) is 102 cm³/mol. The van der Waals surface area contributed by atoms with Crippen LogP contribution >= 0.6 is 15.9 Å². The first-order chi connectivity index (χ1) is 12.0. The standard InChI is InChI=1S/C20H21BrN2O2/c1-13-4-3-5-15(10-13)12-22-19(24)17-8-9-23(20(17)25)18-11-16(21)7-6-14(18)2/h3-7,10-11,17H,8-9,12H2,1-2H3,(H,22,24). The molecule has 3 rings (SSSR count). The van der Waals surface area contributed by atoms with Crippen molar-refractivity contribution >= 4 is 33.4 Å². The number of hydrogen-bond donors (Lipinski definition) is 1. The molecule has 0 aliphatic carbocycles. The number of nitrogens with zero attached hydrogens (tertiary/aromatic N) is 1. The average Bonchev–Trinajstić information content (AvgIpc) is 2.96. The summed E-state index contributed by atoms with van der Waals surface area (Å²) in [5.74, 6) is -0.923. The predicted octanol–water partition coefficient (Wildman–Crippen LogP) is 3.74. The third-order valence-electron chi connectivity index (χ3n) is 4.53. The molecule has 2 amide bonds. The molecule has 0 saturated carbocycles. The zero-order valence-corrected chi connectivity index (χ0v) is 16.0. The molecular formula is C20H21BrN2O2. The minimum absolute atomic E-state index is 0.122. The van der Waals surface area contributed by atoms with Gasteiger partial charge < -0.3 is 10.2 Å². The van der Waals surface area contributed by atoms with E-state index in [1.165, 1.54) is 0 Å². The van der Waals surface area contributed by atoms with Crippen LogP contribution in [0.5, 0.6) is 0 Å². The lowest BCUT2D eigenvalue weighted by molar-refractivity contribution is -0.132. The molecule has 1 saturated heterocycles. The van der Waals surface area contributed by atoms with Gasteiger partial charge in [0.2, 0.25) is 11.8 Å². The lowest BCUT2D eigenvalue weighted by atomic mass is 10.1. The summed E-state index contributed by atoms with van der Waals surface area (Å²) in [6, 6.07) is 13.8. The van der Waals surface area contributed by atoms with Crippen LogP contribution < -0.4 is 10.2 Å². The summed E-state index contributed by atoms with van der Waals surface area (Å²) < 4.78 is 0.924. The van der Waals surface area contributed by atoms with Gasteiger partial charge in [0.15, 0.2) is 0 Å². The highest BCUT2D eigenvalue weighted by molar-refractivity contribution is 9.10. The normalized spacial score (nSPS) is 17.0. The van der Waals surface area contributed by atoms with Gasteiger partial charge >= 0.3 is 0 Å². The van der Waals surface area contributed by atoms with E-state index < -0.39 is 5.92 Å². The second-order valence-corrected chi connectivity index (χ2v) is 7.38. The zero-order valence-electron chi connectivity index (χ0n) is 14.4. The highest BCUT2D eigenvalue weighted by Gasteiger charge is 2.37. The summed E-state index contributed by atoms with van der Waals surface area (Å²) >= 11 is 3.45. The van der Waals surface area contributed by atoms with E-state index in [-0.39, 0.29) is 11.8 Å². The Balaban J connectivity index is 1.67. The largest absolute Gasteiger partial charge is 0.351 e. The molecule has 1 aliphatic heterocycles. The maximum absolute atomic E-state index is 12.7. The van der Waals surface area contributed by atoms with Gasteiger partial charge in [-0.25, -0.2) is 0 Å². The molecule has 0 aromatic heterocycles. The smallest absolute Gasteiger partial charge is 0.239 e. The van der Waals surface area contributed by atoms with Gasteiger partial charge in [0.05, 0.1) is 0 Å². The van der Waals surface area contributed by atoms with Crippen molar-refractivity contribution in [2.45, 2.75) is 26.8 Å². The Hall–Kier alpha value is -2.14. The maximum atomic E-state index is 12.7. The number of aryl methyl sites for hydroxylation is 2. The lowest BCUT2D eigenvalue weighted by Crippen LogP contribution is -2.36. The molecule has 1 unspecified atom stereocenters. The number of anilines is 1. The monoisotopic (exact) mass is 400 g/mol. The van der Waals surface area contributed by atoms with Crippen LogP contribution in [0, 0.1) is 19.8 Å². The first-order valence-electron chi connectivity index (χ1n) is 8.36. The second kappa shape index (κ2) is 7.40. The van der Waals surface area contributed by atoms with E-state index >= 15 is 0 Å². The molecule has 1 atom stereocenters. The molecule has 25 heavy (non-hydrogen) atoms. The fourth-order valence-corrected chi connectivity index (χ4v) is 3.52. The van der Waals surface area contributed by atoms with Crippen LogP contribution in [0.15, 0.2) is 46.9 Å². The number of nitrogens with one attached hydrogen (secondary N) is 1. The lowest BCUT2D eigenvalue weighted by Gasteiger charge is -2.19.